The molecule has 0 radical (unpaired) electrons. The highest BCUT2D eigenvalue weighted by Crippen LogP contribution is 2.27. The number of carbonyl (C=O) groups excluding carboxylic acids is 2. The van der Waals surface area contributed by atoms with Crippen molar-refractivity contribution in [3.05, 3.63) is 12.4 Å². The summed E-state index contributed by atoms with van der Waals surface area (Å²) in [5.41, 5.74) is 0. The van der Waals surface area contributed by atoms with Gasteiger partial charge in [-0.05, 0) is 6.42 Å². The second-order valence-electron chi connectivity index (χ2n) is 5.05. The number of nitrogens with zero attached hydrogens (tertiary/aromatic N) is 2. The van der Waals surface area contributed by atoms with Crippen molar-refractivity contribution in [1.29, 1.82) is 0 Å². The molecular weight excluding hydrogens is 230 g/mol. The van der Waals surface area contributed by atoms with Crippen LogP contribution in [0.4, 0.5) is 0 Å². The molecule has 2 aliphatic heterocycles. The van der Waals surface area contributed by atoms with Crippen LogP contribution in [0.2, 0.25) is 0 Å². The molecule has 0 saturated carbocycles. The van der Waals surface area contributed by atoms with E-state index in [1.165, 1.54) is 12.8 Å². The molecule has 2 unspecified atom stereocenters. The summed E-state index contributed by atoms with van der Waals surface area (Å²) in [6.07, 6.45) is 7.79. The summed E-state index contributed by atoms with van der Waals surface area (Å²) in [7, 11) is 1.96. The summed E-state index contributed by atoms with van der Waals surface area (Å²) in [5, 5.41) is 2.39. The van der Waals surface area contributed by atoms with Gasteiger partial charge in [0.25, 0.3) is 0 Å². The topological polar surface area (TPSA) is 52.6 Å². The summed E-state index contributed by atoms with van der Waals surface area (Å²) < 4.78 is 0. The Kier molecular flexibility index (Phi) is 3.89. The van der Waals surface area contributed by atoms with Crippen molar-refractivity contribution in [1.82, 2.24) is 15.1 Å². The van der Waals surface area contributed by atoms with Crippen LogP contribution in [0.1, 0.15) is 32.6 Å². The SMILES string of the molecule is CCCCCN1C=CN(C)C1C1CC(=O)NC1=O. The highest BCUT2D eigenvalue weighted by molar-refractivity contribution is 6.03. The molecule has 5 nitrogen and oxygen atoms in total. The van der Waals surface area contributed by atoms with Gasteiger partial charge in [0.2, 0.25) is 11.8 Å². The Morgan fingerprint density at radius 3 is 2.72 bits per heavy atom. The zero-order chi connectivity index (χ0) is 13.1. The van der Waals surface area contributed by atoms with Gasteiger partial charge in [0.1, 0.15) is 6.17 Å². The third kappa shape index (κ3) is 2.49. The van der Waals surface area contributed by atoms with E-state index in [9.17, 15) is 9.59 Å². The summed E-state index contributed by atoms with van der Waals surface area (Å²) >= 11 is 0. The Morgan fingerprint density at radius 2 is 2.11 bits per heavy atom. The van der Waals surface area contributed by atoms with Gasteiger partial charge in [-0.15, -0.1) is 0 Å². The summed E-state index contributed by atoms with van der Waals surface area (Å²) in [4.78, 5) is 27.3. The maximum atomic E-state index is 11.8. The molecule has 2 aliphatic rings. The van der Waals surface area contributed by atoms with Gasteiger partial charge in [-0.2, -0.15) is 0 Å². The van der Waals surface area contributed by atoms with Crippen LogP contribution in [0.15, 0.2) is 12.4 Å². The first-order valence-corrected chi connectivity index (χ1v) is 6.63. The van der Waals surface area contributed by atoms with E-state index in [1.54, 1.807) is 0 Å². The summed E-state index contributed by atoms with van der Waals surface area (Å²) in [6, 6.07) is 0. The lowest BCUT2D eigenvalue weighted by Gasteiger charge is -2.33. The van der Waals surface area contributed by atoms with Crippen molar-refractivity contribution in [2.24, 2.45) is 5.92 Å². The number of amides is 2. The molecule has 5 heteroatoms. The number of carbonyl (C=O) groups is 2. The first kappa shape index (κ1) is 12.9. The van der Waals surface area contributed by atoms with Crippen LogP contribution in [-0.4, -0.2) is 41.4 Å². The first-order chi connectivity index (χ1) is 8.63. The van der Waals surface area contributed by atoms with Gasteiger partial charge >= 0.3 is 0 Å². The Balaban J connectivity index is 2.00. The van der Waals surface area contributed by atoms with Gasteiger partial charge in [-0.3, -0.25) is 14.9 Å². The lowest BCUT2D eigenvalue weighted by molar-refractivity contribution is -0.127. The second-order valence-corrected chi connectivity index (χ2v) is 5.05. The Bertz CT molecular complexity index is 367. The number of hydrogen-bond donors (Lipinski definition) is 1. The van der Waals surface area contributed by atoms with Crippen LogP contribution in [-0.2, 0) is 9.59 Å². The maximum Gasteiger partial charge on any atom is 0.234 e. The molecule has 1 N–H and O–H groups in total. The zero-order valence-corrected chi connectivity index (χ0v) is 11.1. The van der Waals surface area contributed by atoms with Crippen LogP contribution in [0.3, 0.4) is 0 Å². The maximum absolute atomic E-state index is 11.8. The lowest BCUT2D eigenvalue weighted by Crippen LogP contribution is -2.45. The molecule has 0 spiro atoms. The molecule has 100 valence electrons. The monoisotopic (exact) mass is 251 g/mol. The highest BCUT2D eigenvalue weighted by atomic mass is 16.2. The Hall–Kier alpha value is -1.52. The van der Waals surface area contributed by atoms with E-state index in [-0.39, 0.29) is 23.9 Å². The van der Waals surface area contributed by atoms with E-state index in [4.69, 9.17) is 0 Å². The van der Waals surface area contributed by atoms with Crippen LogP contribution in [0.25, 0.3) is 0 Å². The van der Waals surface area contributed by atoms with Crippen LogP contribution < -0.4 is 5.32 Å². The van der Waals surface area contributed by atoms with Gasteiger partial charge in [0.05, 0.1) is 5.92 Å². The van der Waals surface area contributed by atoms with Crippen molar-refractivity contribution in [2.75, 3.05) is 13.6 Å². The van der Waals surface area contributed by atoms with E-state index in [0.29, 0.717) is 6.42 Å². The number of imide groups is 1. The molecule has 0 aliphatic carbocycles. The molecule has 2 amide bonds. The number of hydrogen-bond acceptors (Lipinski definition) is 4. The molecule has 0 aromatic carbocycles. The standard InChI is InChI=1S/C13H21N3O2/c1-3-4-5-6-16-8-7-15(2)13(16)10-9-11(17)14-12(10)18/h7-8,10,13H,3-6,9H2,1-2H3,(H,14,17,18). The van der Waals surface area contributed by atoms with Gasteiger partial charge in [0.15, 0.2) is 0 Å². The normalized spacial score (nSPS) is 27.2. The van der Waals surface area contributed by atoms with Gasteiger partial charge in [-0.1, -0.05) is 19.8 Å². The number of unbranched alkanes of at least 4 members (excludes halogenated alkanes) is 2. The van der Waals surface area contributed by atoms with Gasteiger partial charge in [-0.25, -0.2) is 0 Å². The molecule has 0 bridgehead atoms. The quantitative estimate of drug-likeness (QED) is 0.582. The van der Waals surface area contributed by atoms with Gasteiger partial charge in [0, 0.05) is 32.4 Å². The van der Waals surface area contributed by atoms with Crippen molar-refractivity contribution < 1.29 is 9.59 Å². The largest absolute Gasteiger partial charge is 0.358 e. The second kappa shape index (κ2) is 5.42. The van der Waals surface area contributed by atoms with Gasteiger partial charge < -0.3 is 9.80 Å². The van der Waals surface area contributed by atoms with Crippen molar-refractivity contribution >= 4 is 11.8 Å². The van der Waals surface area contributed by atoms with E-state index in [0.717, 1.165) is 13.0 Å². The zero-order valence-electron chi connectivity index (χ0n) is 11.1. The van der Waals surface area contributed by atoms with Crippen LogP contribution in [0, 0.1) is 5.92 Å². The van der Waals surface area contributed by atoms with Crippen LogP contribution >= 0.6 is 0 Å². The van der Waals surface area contributed by atoms with Crippen molar-refractivity contribution in [3.63, 3.8) is 0 Å². The predicted octanol–water partition coefficient (Wildman–Crippen LogP) is 0.884. The lowest BCUT2D eigenvalue weighted by atomic mass is 10.0. The fraction of sp³-hybridized carbons (Fsp3) is 0.692. The molecule has 2 atom stereocenters. The third-order valence-electron chi connectivity index (χ3n) is 3.63. The average Bonchev–Trinajstić information content (AvgIpc) is 2.83. The van der Waals surface area contributed by atoms with E-state index >= 15 is 0 Å². The number of rotatable bonds is 5. The Labute approximate surface area is 108 Å². The smallest absolute Gasteiger partial charge is 0.234 e. The minimum absolute atomic E-state index is 0.00620. The fourth-order valence-electron chi connectivity index (χ4n) is 2.68. The summed E-state index contributed by atoms with van der Waals surface area (Å²) in [6.45, 7) is 3.11. The predicted molar refractivity (Wildman–Crippen MR) is 68.2 cm³/mol. The first-order valence-electron chi connectivity index (χ1n) is 6.63. The van der Waals surface area contributed by atoms with Crippen molar-refractivity contribution in [2.45, 2.75) is 38.8 Å². The molecule has 1 fully saturated rings. The van der Waals surface area contributed by atoms with E-state index < -0.39 is 0 Å². The van der Waals surface area contributed by atoms with E-state index in [1.807, 2.05) is 24.3 Å². The molecule has 18 heavy (non-hydrogen) atoms. The third-order valence-corrected chi connectivity index (χ3v) is 3.63. The minimum Gasteiger partial charge on any atom is -0.358 e. The Morgan fingerprint density at radius 1 is 1.33 bits per heavy atom. The van der Waals surface area contributed by atoms with Crippen LogP contribution in [0.5, 0.6) is 0 Å². The van der Waals surface area contributed by atoms with Crippen molar-refractivity contribution in [3.8, 4) is 0 Å². The molecule has 0 aromatic heterocycles. The average molecular weight is 251 g/mol. The van der Waals surface area contributed by atoms with E-state index in [2.05, 4.69) is 17.1 Å². The molecule has 2 rings (SSSR count). The molecule has 1 saturated heterocycles. The highest BCUT2D eigenvalue weighted by Gasteiger charge is 2.42. The summed E-state index contributed by atoms with van der Waals surface area (Å²) in [5.74, 6) is -0.543. The molecule has 0 aromatic rings. The fourth-order valence-corrected chi connectivity index (χ4v) is 2.68. The minimum atomic E-state index is -0.251. The molecule has 2 heterocycles. The molecular formula is C13H21N3O2. The number of nitrogens with one attached hydrogen (secondary N) is 1.